The molecule has 0 bridgehead atoms. The molecule has 10 nitrogen and oxygen atoms in total. The minimum absolute atomic E-state index is 0.160. The van der Waals surface area contributed by atoms with E-state index >= 15 is 0 Å². The van der Waals surface area contributed by atoms with Gasteiger partial charge in [-0.05, 0) is 38.0 Å². The van der Waals surface area contributed by atoms with Crippen LogP contribution in [-0.2, 0) is 17.6 Å². The van der Waals surface area contributed by atoms with E-state index in [1.807, 2.05) is 11.0 Å². The van der Waals surface area contributed by atoms with Gasteiger partial charge < -0.3 is 14.6 Å². The fraction of sp³-hybridized carbons (Fsp3) is 0.476. The van der Waals surface area contributed by atoms with E-state index < -0.39 is 0 Å². The summed E-state index contributed by atoms with van der Waals surface area (Å²) in [6.07, 6.45) is 7.46. The lowest BCUT2D eigenvalue weighted by atomic mass is 10.1. The topological polar surface area (TPSA) is 125 Å². The summed E-state index contributed by atoms with van der Waals surface area (Å²) in [6.45, 7) is 4.96. The van der Waals surface area contributed by atoms with Gasteiger partial charge in [-0.1, -0.05) is 13.8 Å². The van der Waals surface area contributed by atoms with E-state index in [9.17, 15) is 4.79 Å². The standard InChI is InChI=1S/C21H26N8O2/c1-12(2)15-11-17(28-27-15)24-18-13-5-3-6-14(13)23-20(25-18)29-9-4-7-16(29)19(30)26-21-22-8-10-31-21/h8,10-12,16H,3-7,9H2,1-2H3,(H,22,26,30)(H2,23,24,25,27,28). The second-order valence-electron chi connectivity index (χ2n) is 8.32. The number of aromatic amines is 1. The van der Waals surface area contributed by atoms with Crippen LogP contribution in [0.2, 0.25) is 0 Å². The van der Waals surface area contributed by atoms with Crippen molar-refractivity contribution >= 4 is 29.5 Å². The normalized spacial score (nSPS) is 17.9. The Labute approximate surface area is 179 Å². The van der Waals surface area contributed by atoms with Crippen molar-refractivity contribution in [1.82, 2.24) is 25.1 Å². The van der Waals surface area contributed by atoms with Crippen LogP contribution in [0, 0.1) is 0 Å². The number of carbonyl (C=O) groups excluding carboxylic acids is 1. The average Bonchev–Trinajstić information content (AvgIpc) is 3.53. The van der Waals surface area contributed by atoms with E-state index in [0.29, 0.717) is 11.9 Å². The predicted octanol–water partition coefficient (Wildman–Crippen LogP) is 3.15. The number of rotatable bonds is 6. The van der Waals surface area contributed by atoms with Gasteiger partial charge in [0.2, 0.25) is 5.95 Å². The van der Waals surface area contributed by atoms with Crippen molar-refractivity contribution in [2.45, 2.75) is 57.9 Å². The zero-order valence-electron chi connectivity index (χ0n) is 17.7. The number of amides is 1. The number of hydrogen-bond acceptors (Lipinski definition) is 8. The molecule has 0 radical (unpaired) electrons. The molecule has 1 fully saturated rings. The summed E-state index contributed by atoms with van der Waals surface area (Å²) in [6, 6.07) is 1.85. The summed E-state index contributed by atoms with van der Waals surface area (Å²) in [5.74, 6) is 2.29. The maximum Gasteiger partial charge on any atom is 0.301 e. The van der Waals surface area contributed by atoms with Crippen LogP contribution in [0.3, 0.4) is 0 Å². The molecule has 0 saturated carbocycles. The van der Waals surface area contributed by atoms with Crippen molar-refractivity contribution in [1.29, 1.82) is 0 Å². The number of carbonyl (C=O) groups is 1. The molecule has 3 aromatic heterocycles. The molecular formula is C21H26N8O2. The van der Waals surface area contributed by atoms with E-state index in [-0.39, 0.29) is 18.0 Å². The molecule has 5 rings (SSSR count). The molecule has 1 saturated heterocycles. The van der Waals surface area contributed by atoms with Gasteiger partial charge in [-0.15, -0.1) is 0 Å². The highest BCUT2D eigenvalue weighted by molar-refractivity contribution is 5.95. The lowest BCUT2D eigenvalue weighted by Crippen LogP contribution is -2.40. The van der Waals surface area contributed by atoms with Gasteiger partial charge in [0.05, 0.1) is 11.9 Å². The molecular weight excluding hydrogens is 396 g/mol. The second-order valence-corrected chi connectivity index (χ2v) is 8.32. The van der Waals surface area contributed by atoms with E-state index in [2.05, 4.69) is 39.7 Å². The number of oxazole rings is 1. The number of anilines is 4. The first kappa shape index (κ1) is 19.5. The van der Waals surface area contributed by atoms with Crippen molar-refractivity contribution in [2.24, 2.45) is 0 Å². The van der Waals surface area contributed by atoms with Crippen LogP contribution in [0.1, 0.15) is 56.0 Å². The van der Waals surface area contributed by atoms with Crippen LogP contribution in [0.4, 0.5) is 23.6 Å². The summed E-state index contributed by atoms with van der Waals surface area (Å²) in [4.78, 5) is 28.5. The zero-order chi connectivity index (χ0) is 21.4. The molecule has 3 aromatic rings. The van der Waals surface area contributed by atoms with Crippen LogP contribution >= 0.6 is 0 Å². The largest absolute Gasteiger partial charge is 0.432 e. The van der Waals surface area contributed by atoms with Gasteiger partial charge in [-0.3, -0.25) is 15.2 Å². The third-order valence-corrected chi connectivity index (χ3v) is 5.86. The lowest BCUT2D eigenvalue weighted by molar-refractivity contribution is -0.117. The Balaban J connectivity index is 1.42. The highest BCUT2D eigenvalue weighted by Crippen LogP contribution is 2.33. The number of H-pyrrole nitrogens is 1. The molecule has 1 atom stereocenters. The van der Waals surface area contributed by atoms with Gasteiger partial charge in [0.15, 0.2) is 5.82 Å². The van der Waals surface area contributed by atoms with Gasteiger partial charge in [-0.2, -0.15) is 10.1 Å². The molecule has 4 heterocycles. The Morgan fingerprint density at radius 2 is 2.19 bits per heavy atom. The van der Waals surface area contributed by atoms with E-state index in [0.717, 1.165) is 67.2 Å². The molecule has 2 aliphatic rings. The first-order chi connectivity index (χ1) is 15.1. The van der Waals surface area contributed by atoms with Gasteiger partial charge in [-0.25, -0.2) is 9.97 Å². The Bertz CT molecular complexity index is 1080. The van der Waals surface area contributed by atoms with E-state index in [4.69, 9.17) is 14.4 Å². The van der Waals surface area contributed by atoms with Crippen molar-refractivity contribution in [3.63, 3.8) is 0 Å². The van der Waals surface area contributed by atoms with Crippen molar-refractivity contribution in [3.8, 4) is 0 Å². The van der Waals surface area contributed by atoms with Crippen LogP contribution in [0.5, 0.6) is 0 Å². The second kappa shape index (κ2) is 8.01. The monoisotopic (exact) mass is 422 g/mol. The van der Waals surface area contributed by atoms with Crippen LogP contribution in [-0.4, -0.2) is 43.6 Å². The number of nitrogens with zero attached hydrogens (tertiary/aromatic N) is 5. The van der Waals surface area contributed by atoms with Crippen molar-refractivity contribution in [2.75, 3.05) is 22.1 Å². The molecule has 1 unspecified atom stereocenters. The van der Waals surface area contributed by atoms with Crippen LogP contribution < -0.4 is 15.5 Å². The first-order valence-corrected chi connectivity index (χ1v) is 10.8. The summed E-state index contributed by atoms with van der Waals surface area (Å²) < 4.78 is 5.16. The fourth-order valence-electron chi connectivity index (χ4n) is 4.22. The average molecular weight is 422 g/mol. The van der Waals surface area contributed by atoms with Crippen molar-refractivity contribution in [3.05, 3.63) is 35.5 Å². The SMILES string of the molecule is CC(C)c1cc(Nc2nc(N3CCCC3C(=O)Nc3ncco3)nc3c2CCC3)n[nH]1. The summed E-state index contributed by atoms with van der Waals surface area (Å²) in [7, 11) is 0. The predicted molar refractivity (Wildman–Crippen MR) is 116 cm³/mol. The van der Waals surface area contributed by atoms with Gasteiger partial charge in [0, 0.05) is 23.9 Å². The maximum atomic E-state index is 12.8. The quantitative estimate of drug-likeness (QED) is 0.553. The number of nitrogens with one attached hydrogen (secondary N) is 3. The molecule has 1 amide bonds. The van der Waals surface area contributed by atoms with Gasteiger partial charge in [0.25, 0.3) is 5.91 Å². The summed E-state index contributed by atoms with van der Waals surface area (Å²) in [5.41, 5.74) is 3.25. The Kier molecular flexibility index (Phi) is 5.05. The number of fused-ring (bicyclic) bond motifs is 1. The number of aromatic nitrogens is 5. The lowest BCUT2D eigenvalue weighted by Gasteiger charge is -2.24. The fourth-order valence-corrected chi connectivity index (χ4v) is 4.22. The highest BCUT2D eigenvalue weighted by atomic mass is 16.4. The smallest absolute Gasteiger partial charge is 0.301 e. The van der Waals surface area contributed by atoms with Crippen molar-refractivity contribution < 1.29 is 9.21 Å². The maximum absolute atomic E-state index is 12.8. The molecule has 10 heteroatoms. The summed E-state index contributed by atoms with van der Waals surface area (Å²) in [5, 5.41) is 13.6. The first-order valence-electron chi connectivity index (χ1n) is 10.8. The Morgan fingerprint density at radius 1 is 1.29 bits per heavy atom. The van der Waals surface area contributed by atoms with E-state index in [1.165, 1.54) is 12.5 Å². The molecule has 0 spiro atoms. The van der Waals surface area contributed by atoms with E-state index in [1.54, 1.807) is 0 Å². The zero-order valence-corrected chi connectivity index (χ0v) is 17.7. The molecule has 0 aromatic carbocycles. The summed E-state index contributed by atoms with van der Waals surface area (Å²) >= 11 is 0. The van der Waals surface area contributed by atoms with Gasteiger partial charge in [0.1, 0.15) is 18.1 Å². The molecule has 3 N–H and O–H groups in total. The Morgan fingerprint density at radius 3 is 2.97 bits per heavy atom. The highest BCUT2D eigenvalue weighted by Gasteiger charge is 2.34. The molecule has 1 aliphatic heterocycles. The minimum Gasteiger partial charge on any atom is -0.432 e. The van der Waals surface area contributed by atoms with Crippen LogP contribution in [0.15, 0.2) is 22.9 Å². The Hall–Kier alpha value is -3.43. The van der Waals surface area contributed by atoms with Gasteiger partial charge >= 0.3 is 6.01 Å². The number of aryl methyl sites for hydroxylation is 1. The van der Waals surface area contributed by atoms with Crippen LogP contribution in [0.25, 0.3) is 0 Å². The molecule has 162 valence electrons. The number of hydrogen-bond donors (Lipinski definition) is 3. The molecule has 1 aliphatic carbocycles. The third-order valence-electron chi connectivity index (χ3n) is 5.86. The minimum atomic E-state index is -0.364. The molecule has 31 heavy (non-hydrogen) atoms. The third kappa shape index (κ3) is 3.85.